The van der Waals surface area contributed by atoms with Gasteiger partial charge >= 0.3 is 5.97 Å². The lowest BCUT2D eigenvalue weighted by Crippen LogP contribution is -2.30. The van der Waals surface area contributed by atoms with Gasteiger partial charge in [-0.25, -0.2) is 4.79 Å². The Labute approximate surface area is 180 Å². The molecule has 0 saturated carbocycles. The molecule has 0 aromatic heterocycles. The van der Waals surface area contributed by atoms with Gasteiger partial charge in [-0.3, -0.25) is 4.99 Å². The number of rotatable bonds is 7. The molecule has 3 aromatic carbocycles. The lowest BCUT2D eigenvalue weighted by molar-refractivity contribution is -0.251. The summed E-state index contributed by atoms with van der Waals surface area (Å²) in [5.74, 6) is -0.607. The third kappa shape index (κ3) is 4.38. The van der Waals surface area contributed by atoms with Crippen molar-refractivity contribution in [1.29, 1.82) is 0 Å². The number of nitrogens with zero attached hydrogens (tertiary/aromatic N) is 1. The highest BCUT2D eigenvalue weighted by atomic mass is 16.6. The summed E-state index contributed by atoms with van der Waals surface area (Å²) in [6.07, 6.45) is -0.786. The van der Waals surface area contributed by atoms with Gasteiger partial charge in [0.1, 0.15) is 11.8 Å². The van der Waals surface area contributed by atoms with E-state index in [1.807, 2.05) is 36.4 Å². The van der Waals surface area contributed by atoms with Gasteiger partial charge in [-0.15, -0.1) is 0 Å². The largest absolute Gasteiger partial charge is 0.599 e. The summed E-state index contributed by atoms with van der Waals surface area (Å²) < 4.78 is 10.5. The molecule has 0 radical (unpaired) electrons. The Balaban J connectivity index is 1.48. The van der Waals surface area contributed by atoms with E-state index in [0.717, 1.165) is 27.8 Å². The van der Waals surface area contributed by atoms with Gasteiger partial charge in [0.15, 0.2) is 6.04 Å². The van der Waals surface area contributed by atoms with Gasteiger partial charge in [-0.05, 0) is 39.9 Å². The van der Waals surface area contributed by atoms with Crippen LogP contribution in [0, 0.1) is 0 Å². The van der Waals surface area contributed by atoms with E-state index in [2.05, 4.69) is 17.1 Å². The summed E-state index contributed by atoms with van der Waals surface area (Å²) in [4.78, 5) is 15.4. The maximum atomic E-state index is 12.4. The molecule has 1 N–H and O–H groups in total. The Hall–Kier alpha value is -3.80. The Morgan fingerprint density at radius 1 is 1.00 bits per heavy atom. The van der Waals surface area contributed by atoms with Crippen LogP contribution in [-0.2, 0) is 16.0 Å². The number of carboxylic acids is 1. The standard InChI is InChI=1S/C25H23NO5/c1-30-17-12-10-16(11-13-17)14-23(24(27)28)26-25(29)31-15-22-20-8-4-2-6-18(20)19-7-3-5-9-21(19)22/h2-13,22-23H,14-15H2,1H3,(H,26,29)(H,27,28)/p-1/t23-/m1/s1. The summed E-state index contributed by atoms with van der Waals surface area (Å²) in [7, 11) is 1.56. The van der Waals surface area contributed by atoms with Crippen LogP contribution in [0.5, 0.6) is 5.75 Å². The van der Waals surface area contributed by atoms with Gasteiger partial charge in [-0.1, -0.05) is 60.7 Å². The number of hydrogen-bond donors (Lipinski definition) is 1. The fourth-order valence-corrected chi connectivity index (χ4v) is 3.93. The normalized spacial score (nSPS) is 13.9. The van der Waals surface area contributed by atoms with Gasteiger partial charge in [0, 0.05) is 18.9 Å². The first-order chi connectivity index (χ1) is 15.1. The van der Waals surface area contributed by atoms with E-state index < -0.39 is 18.1 Å². The number of aliphatic carboxylic acids is 1. The van der Waals surface area contributed by atoms with Crippen LogP contribution in [0.1, 0.15) is 22.6 Å². The van der Waals surface area contributed by atoms with Gasteiger partial charge in [-0.2, -0.15) is 0 Å². The molecule has 0 fully saturated rings. The molecule has 4 rings (SSSR count). The Morgan fingerprint density at radius 2 is 1.58 bits per heavy atom. The summed E-state index contributed by atoms with van der Waals surface area (Å²) in [6, 6.07) is 21.8. The highest BCUT2D eigenvalue weighted by Crippen LogP contribution is 2.44. The molecule has 3 aromatic rings. The molecule has 1 aliphatic carbocycles. The van der Waals surface area contributed by atoms with Crippen molar-refractivity contribution < 1.29 is 24.5 Å². The molecule has 0 amide bonds. The molecule has 6 heteroatoms. The first-order valence-corrected chi connectivity index (χ1v) is 9.98. The highest BCUT2D eigenvalue weighted by Gasteiger charge is 2.27. The van der Waals surface area contributed by atoms with Gasteiger partial charge < -0.3 is 19.7 Å². The first kappa shape index (κ1) is 20.5. The molecule has 0 heterocycles. The lowest BCUT2D eigenvalue weighted by atomic mass is 9.98. The number of methoxy groups -OCH3 is 1. The Morgan fingerprint density at radius 3 is 2.13 bits per heavy atom. The Bertz CT molecular complexity index is 1060. The van der Waals surface area contributed by atoms with Crippen molar-refractivity contribution in [1.82, 2.24) is 0 Å². The second-order valence-electron chi connectivity index (χ2n) is 7.34. The highest BCUT2D eigenvalue weighted by molar-refractivity contribution is 5.79. The van der Waals surface area contributed by atoms with Gasteiger partial charge in [0.25, 0.3) is 0 Å². The number of carboxylic acid groups (broad SMARTS) is 1. The third-order valence-electron chi connectivity index (χ3n) is 5.47. The number of fused-ring (bicyclic) bond motifs is 3. The van der Waals surface area contributed by atoms with Crippen LogP contribution >= 0.6 is 0 Å². The van der Waals surface area contributed by atoms with Crippen LogP contribution in [0.15, 0.2) is 77.8 Å². The average molecular weight is 416 g/mol. The molecule has 1 aliphatic rings. The minimum atomic E-state index is -1.22. The minimum Gasteiger partial charge on any atom is -0.599 e. The predicted molar refractivity (Wildman–Crippen MR) is 115 cm³/mol. The van der Waals surface area contributed by atoms with E-state index in [0.29, 0.717) is 5.75 Å². The molecular formula is C25H22NO5-. The lowest BCUT2D eigenvalue weighted by Gasteiger charge is -2.22. The first-order valence-electron chi connectivity index (χ1n) is 9.98. The number of benzene rings is 3. The third-order valence-corrected chi connectivity index (χ3v) is 5.47. The number of carbonyl (C=O) groups is 1. The molecule has 0 spiro atoms. The molecule has 0 aliphatic heterocycles. The van der Waals surface area contributed by atoms with E-state index in [9.17, 15) is 15.0 Å². The van der Waals surface area contributed by atoms with E-state index >= 15 is 0 Å². The fraction of sp³-hybridized carbons (Fsp3) is 0.200. The fourth-order valence-electron chi connectivity index (χ4n) is 3.93. The van der Waals surface area contributed by atoms with E-state index in [1.165, 1.54) is 0 Å². The zero-order chi connectivity index (χ0) is 21.8. The molecule has 0 unspecified atom stereocenters. The molecule has 6 nitrogen and oxygen atoms in total. The van der Waals surface area contributed by atoms with Gasteiger partial charge in [0.05, 0.1) is 7.11 Å². The smallest absolute Gasteiger partial charge is 0.328 e. The van der Waals surface area contributed by atoms with E-state index in [1.54, 1.807) is 31.4 Å². The average Bonchev–Trinajstić information content (AvgIpc) is 3.11. The Kier molecular flexibility index (Phi) is 5.89. The van der Waals surface area contributed by atoms with Crippen LogP contribution in [0.2, 0.25) is 0 Å². The van der Waals surface area contributed by atoms with Crippen molar-refractivity contribution in [2.24, 2.45) is 4.99 Å². The van der Waals surface area contributed by atoms with Crippen molar-refractivity contribution in [2.75, 3.05) is 13.7 Å². The monoisotopic (exact) mass is 416 g/mol. The maximum absolute atomic E-state index is 12.4. The predicted octanol–water partition coefficient (Wildman–Crippen LogP) is 3.24. The summed E-state index contributed by atoms with van der Waals surface area (Å²) in [5.41, 5.74) is 5.16. The topological polar surface area (TPSA) is 91.2 Å². The van der Waals surface area contributed by atoms with Crippen molar-refractivity contribution in [3.63, 3.8) is 0 Å². The summed E-state index contributed by atoms with van der Waals surface area (Å²) in [6.45, 7) is 0.102. The van der Waals surface area contributed by atoms with Crippen LogP contribution in [0.25, 0.3) is 11.1 Å². The molecule has 0 saturated heterocycles. The molecular weight excluding hydrogens is 394 g/mol. The van der Waals surface area contributed by atoms with Crippen molar-refractivity contribution >= 4 is 12.1 Å². The van der Waals surface area contributed by atoms with Crippen molar-refractivity contribution in [3.05, 3.63) is 89.5 Å². The molecule has 1 atom stereocenters. The zero-order valence-corrected chi connectivity index (χ0v) is 17.0. The zero-order valence-electron chi connectivity index (χ0n) is 17.0. The molecule has 158 valence electrons. The second kappa shape index (κ2) is 8.92. The summed E-state index contributed by atoms with van der Waals surface area (Å²) >= 11 is 0. The van der Waals surface area contributed by atoms with Crippen LogP contribution in [0.3, 0.4) is 0 Å². The van der Waals surface area contributed by atoms with Crippen molar-refractivity contribution in [3.8, 4) is 16.9 Å². The second-order valence-corrected chi connectivity index (χ2v) is 7.34. The quantitative estimate of drug-likeness (QED) is 0.472. The van der Waals surface area contributed by atoms with E-state index in [4.69, 9.17) is 9.47 Å². The minimum absolute atomic E-state index is 0.0868. The SMILES string of the molecule is COc1ccc(C[C@@H](N=C([O-])OCC2c3ccccc3-c3ccccc32)C(=O)O)cc1. The number of hydrogen-bond acceptors (Lipinski definition) is 5. The van der Waals surface area contributed by atoms with Crippen LogP contribution < -0.4 is 9.84 Å². The number of aliphatic imine (C=N–C) groups is 1. The van der Waals surface area contributed by atoms with Crippen LogP contribution in [0.4, 0.5) is 0 Å². The molecule has 31 heavy (non-hydrogen) atoms. The van der Waals surface area contributed by atoms with Crippen LogP contribution in [-0.4, -0.2) is 36.9 Å². The number of ether oxygens (including phenoxy) is 2. The van der Waals surface area contributed by atoms with Gasteiger partial charge in [0.2, 0.25) is 0 Å². The van der Waals surface area contributed by atoms with Crippen molar-refractivity contribution in [2.45, 2.75) is 18.4 Å². The molecule has 0 bridgehead atoms. The van der Waals surface area contributed by atoms with E-state index in [-0.39, 0.29) is 18.9 Å². The summed E-state index contributed by atoms with van der Waals surface area (Å²) in [5, 5.41) is 21.9. The maximum Gasteiger partial charge on any atom is 0.328 e.